The van der Waals surface area contributed by atoms with Gasteiger partial charge in [-0.1, -0.05) is 54.1 Å². The van der Waals surface area contributed by atoms with Crippen LogP contribution in [-0.4, -0.2) is 28.7 Å². The number of carbonyl (C=O) groups excluding carboxylic acids is 3. The molecule has 7 rings (SSSR count). The lowest BCUT2D eigenvalue weighted by Gasteiger charge is -2.29. The molecule has 4 unspecified atom stereocenters. The van der Waals surface area contributed by atoms with Crippen molar-refractivity contribution < 1.29 is 14.4 Å². The average Bonchev–Trinajstić information content (AvgIpc) is 3.59. The number of carbonyl (C=O) groups is 3. The SMILES string of the molecule is Cc1ccc(N2C(=O)C3C(Cc4c[nH]c5ccccc45)NC4(C(=O)Nc5ccccc54)C3C2=O)cc1. The maximum absolute atomic E-state index is 14.0. The van der Waals surface area contributed by atoms with E-state index in [1.807, 2.05) is 73.8 Å². The minimum atomic E-state index is -1.30. The molecule has 3 aliphatic heterocycles. The molecule has 4 aromatic rings. The highest BCUT2D eigenvalue weighted by atomic mass is 16.2. The monoisotopic (exact) mass is 476 g/mol. The quantitative estimate of drug-likeness (QED) is 0.394. The second-order valence-electron chi connectivity index (χ2n) is 9.97. The Kier molecular flexibility index (Phi) is 4.32. The molecule has 178 valence electrons. The molecule has 0 radical (unpaired) electrons. The number of hydrogen-bond acceptors (Lipinski definition) is 4. The number of benzene rings is 3. The molecule has 3 aromatic carbocycles. The van der Waals surface area contributed by atoms with Gasteiger partial charge in [0, 0.05) is 34.4 Å². The van der Waals surface area contributed by atoms with Gasteiger partial charge in [0.2, 0.25) is 17.7 Å². The van der Waals surface area contributed by atoms with Crippen LogP contribution in [0, 0.1) is 18.8 Å². The predicted octanol–water partition coefficient (Wildman–Crippen LogP) is 3.64. The molecule has 3 aliphatic rings. The lowest BCUT2D eigenvalue weighted by atomic mass is 9.76. The van der Waals surface area contributed by atoms with Crippen molar-refractivity contribution in [1.29, 1.82) is 0 Å². The third kappa shape index (κ3) is 2.69. The number of imide groups is 1. The summed E-state index contributed by atoms with van der Waals surface area (Å²) in [5, 5.41) is 7.55. The van der Waals surface area contributed by atoms with Gasteiger partial charge in [0.25, 0.3) is 0 Å². The number of hydrogen-bond donors (Lipinski definition) is 3. The van der Waals surface area contributed by atoms with Crippen LogP contribution in [0.5, 0.6) is 0 Å². The van der Waals surface area contributed by atoms with Crippen LogP contribution in [-0.2, 0) is 26.3 Å². The van der Waals surface area contributed by atoms with E-state index in [1.54, 1.807) is 12.1 Å². The molecule has 0 aliphatic carbocycles. The standard InChI is InChI=1S/C29H24N4O3/c1-16-10-12-18(13-11-16)33-26(34)24-23(14-17-15-30-21-8-4-2-6-19(17)21)32-29(25(24)27(33)35)20-7-3-5-9-22(20)31-28(29)36/h2-13,15,23-25,30,32H,14H2,1H3,(H,31,36). The van der Waals surface area contributed by atoms with E-state index in [0.29, 0.717) is 17.8 Å². The van der Waals surface area contributed by atoms with E-state index in [0.717, 1.165) is 27.6 Å². The number of H-pyrrole nitrogens is 1. The van der Waals surface area contributed by atoms with Crippen molar-refractivity contribution in [3.8, 4) is 0 Å². The van der Waals surface area contributed by atoms with Crippen LogP contribution in [0.2, 0.25) is 0 Å². The molecule has 1 aromatic heterocycles. The largest absolute Gasteiger partial charge is 0.361 e. The summed E-state index contributed by atoms with van der Waals surface area (Å²) < 4.78 is 0. The molecule has 4 atom stereocenters. The Morgan fingerprint density at radius 2 is 1.64 bits per heavy atom. The Bertz CT molecular complexity index is 1570. The first-order chi connectivity index (χ1) is 17.5. The van der Waals surface area contributed by atoms with Crippen LogP contribution in [0.1, 0.15) is 16.7 Å². The van der Waals surface area contributed by atoms with Gasteiger partial charge in [0.1, 0.15) is 5.54 Å². The summed E-state index contributed by atoms with van der Waals surface area (Å²) >= 11 is 0. The minimum Gasteiger partial charge on any atom is -0.361 e. The predicted molar refractivity (Wildman–Crippen MR) is 136 cm³/mol. The summed E-state index contributed by atoms with van der Waals surface area (Å²) in [6.45, 7) is 1.96. The van der Waals surface area contributed by atoms with Crippen LogP contribution in [0.4, 0.5) is 11.4 Å². The van der Waals surface area contributed by atoms with Crippen molar-refractivity contribution in [2.45, 2.75) is 24.9 Å². The number of fused-ring (bicyclic) bond motifs is 5. The van der Waals surface area contributed by atoms with Gasteiger partial charge in [0.15, 0.2) is 0 Å². The molecular formula is C29H24N4O3. The number of rotatable bonds is 3. The first kappa shape index (κ1) is 21.1. The fourth-order valence-electron chi connectivity index (χ4n) is 6.42. The normalized spacial score (nSPS) is 26.6. The van der Waals surface area contributed by atoms with Gasteiger partial charge in [-0.05, 0) is 43.2 Å². The van der Waals surface area contributed by atoms with Crippen LogP contribution < -0.4 is 15.5 Å². The summed E-state index contributed by atoms with van der Waals surface area (Å²) in [6, 6.07) is 22.4. The van der Waals surface area contributed by atoms with Gasteiger partial charge in [-0.15, -0.1) is 0 Å². The maximum atomic E-state index is 14.0. The second-order valence-corrected chi connectivity index (χ2v) is 9.97. The topological polar surface area (TPSA) is 94.3 Å². The number of para-hydroxylation sites is 2. The molecule has 36 heavy (non-hydrogen) atoms. The number of nitrogens with zero attached hydrogens (tertiary/aromatic N) is 1. The molecule has 7 nitrogen and oxygen atoms in total. The first-order valence-corrected chi connectivity index (χ1v) is 12.2. The lowest BCUT2D eigenvalue weighted by Crippen LogP contribution is -2.53. The van der Waals surface area contributed by atoms with Gasteiger partial charge < -0.3 is 10.3 Å². The molecule has 7 heteroatoms. The highest BCUT2D eigenvalue weighted by Gasteiger charge is 2.70. The van der Waals surface area contributed by atoms with Crippen molar-refractivity contribution in [3.05, 3.63) is 95.7 Å². The van der Waals surface area contributed by atoms with Gasteiger partial charge in [-0.3, -0.25) is 19.7 Å². The molecule has 2 fully saturated rings. The average molecular weight is 477 g/mol. The third-order valence-corrected chi connectivity index (χ3v) is 8.03. The zero-order valence-corrected chi connectivity index (χ0v) is 19.6. The Labute approximate surface area is 207 Å². The van der Waals surface area contributed by atoms with E-state index >= 15 is 0 Å². The second kappa shape index (κ2) is 7.38. The van der Waals surface area contributed by atoms with E-state index in [9.17, 15) is 14.4 Å². The third-order valence-electron chi connectivity index (χ3n) is 8.03. The Morgan fingerprint density at radius 1 is 0.889 bits per heavy atom. The molecular weight excluding hydrogens is 452 g/mol. The molecule has 2 saturated heterocycles. The Morgan fingerprint density at radius 3 is 2.47 bits per heavy atom. The molecule has 1 spiro atoms. The van der Waals surface area contributed by atoms with E-state index < -0.39 is 23.4 Å². The molecule has 4 heterocycles. The lowest BCUT2D eigenvalue weighted by molar-refractivity contribution is -0.130. The van der Waals surface area contributed by atoms with E-state index in [-0.39, 0.29) is 17.7 Å². The summed E-state index contributed by atoms with van der Waals surface area (Å²) in [5.74, 6) is -2.41. The summed E-state index contributed by atoms with van der Waals surface area (Å²) in [5.41, 5.74) is 3.73. The maximum Gasteiger partial charge on any atom is 0.250 e. The summed E-state index contributed by atoms with van der Waals surface area (Å²) in [4.78, 5) is 46.2. The van der Waals surface area contributed by atoms with Crippen LogP contribution in [0.15, 0.2) is 79.0 Å². The van der Waals surface area contributed by atoms with Crippen molar-refractivity contribution in [2.75, 3.05) is 10.2 Å². The van der Waals surface area contributed by atoms with Crippen molar-refractivity contribution in [3.63, 3.8) is 0 Å². The van der Waals surface area contributed by atoms with Crippen LogP contribution in [0.3, 0.4) is 0 Å². The number of nitrogens with one attached hydrogen (secondary N) is 3. The first-order valence-electron chi connectivity index (χ1n) is 12.2. The number of aryl methyl sites for hydroxylation is 1. The molecule has 3 amide bonds. The Balaban J connectivity index is 1.37. The van der Waals surface area contributed by atoms with Crippen molar-refractivity contribution >= 4 is 40.0 Å². The van der Waals surface area contributed by atoms with E-state index in [2.05, 4.69) is 15.6 Å². The Hall–Kier alpha value is -4.23. The fourth-order valence-corrected chi connectivity index (χ4v) is 6.42. The summed E-state index contributed by atoms with van der Waals surface area (Å²) in [6.07, 6.45) is 2.46. The van der Waals surface area contributed by atoms with Gasteiger partial charge in [-0.25, -0.2) is 4.90 Å². The van der Waals surface area contributed by atoms with Gasteiger partial charge in [0.05, 0.1) is 17.5 Å². The highest BCUT2D eigenvalue weighted by Crippen LogP contribution is 2.54. The molecule has 0 bridgehead atoms. The number of aromatic amines is 1. The smallest absolute Gasteiger partial charge is 0.250 e. The molecule has 3 N–H and O–H groups in total. The number of amides is 3. The van der Waals surface area contributed by atoms with Gasteiger partial charge >= 0.3 is 0 Å². The van der Waals surface area contributed by atoms with E-state index in [1.165, 1.54) is 4.90 Å². The van der Waals surface area contributed by atoms with Crippen molar-refractivity contribution in [1.82, 2.24) is 10.3 Å². The zero-order chi connectivity index (χ0) is 24.6. The van der Waals surface area contributed by atoms with Crippen LogP contribution in [0.25, 0.3) is 10.9 Å². The summed E-state index contributed by atoms with van der Waals surface area (Å²) in [7, 11) is 0. The van der Waals surface area contributed by atoms with E-state index in [4.69, 9.17) is 0 Å². The zero-order valence-electron chi connectivity index (χ0n) is 19.6. The minimum absolute atomic E-state index is 0.264. The van der Waals surface area contributed by atoms with Crippen LogP contribution >= 0.6 is 0 Å². The highest BCUT2D eigenvalue weighted by molar-refractivity contribution is 6.25. The van der Waals surface area contributed by atoms with Crippen molar-refractivity contribution in [2.24, 2.45) is 11.8 Å². The number of aromatic nitrogens is 1. The van der Waals surface area contributed by atoms with Gasteiger partial charge in [-0.2, -0.15) is 0 Å². The fraction of sp³-hybridized carbons (Fsp3) is 0.207. The molecule has 0 saturated carbocycles. The number of anilines is 2.